The van der Waals surface area contributed by atoms with Gasteiger partial charge in [0.2, 0.25) is 0 Å². The van der Waals surface area contributed by atoms with Crippen LogP contribution in [0.3, 0.4) is 0 Å². The molecule has 0 saturated carbocycles. The molecule has 0 aliphatic carbocycles. The largest absolute Gasteiger partial charge is 0.417 e. The van der Waals surface area contributed by atoms with Crippen LogP contribution in [0.1, 0.15) is 59.3 Å². The molecule has 4 nitrogen and oxygen atoms in total. The highest BCUT2D eigenvalue weighted by atomic mass is 19.4. The Balaban J connectivity index is 1.14. The summed E-state index contributed by atoms with van der Waals surface area (Å²) >= 11 is 0. The second-order valence-electron chi connectivity index (χ2n) is 12.4. The molecule has 242 valence electrons. The van der Waals surface area contributed by atoms with Crippen LogP contribution in [-0.2, 0) is 25.4 Å². The molecule has 6 rings (SSSR count). The van der Waals surface area contributed by atoms with E-state index in [1.807, 2.05) is 12.1 Å². The summed E-state index contributed by atoms with van der Waals surface area (Å²) in [6.45, 7) is 6.41. The number of benzene rings is 2. The molecule has 2 atom stereocenters. The summed E-state index contributed by atoms with van der Waals surface area (Å²) in [5.74, 6) is 0. The van der Waals surface area contributed by atoms with Crippen molar-refractivity contribution >= 4 is 0 Å². The van der Waals surface area contributed by atoms with Crippen molar-refractivity contribution in [1.29, 1.82) is 0 Å². The Hall–Kier alpha value is -3.76. The third-order valence-corrected chi connectivity index (χ3v) is 9.39. The first-order valence-corrected chi connectivity index (χ1v) is 15.6. The van der Waals surface area contributed by atoms with Crippen LogP contribution < -0.4 is 0 Å². The molecule has 0 N–H and O–H groups in total. The third-order valence-electron chi connectivity index (χ3n) is 9.39. The van der Waals surface area contributed by atoms with Crippen molar-refractivity contribution in [3.05, 3.63) is 107 Å². The van der Waals surface area contributed by atoms with Gasteiger partial charge in [0.25, 0.3) is 0 Å². The molecule has 4 heterocycles. The average Bonchev–Trinajstić information content (AvgIpc) is 3.66. The van der Waals surface area contributed by atoms with E-state index in [2.05, 4.69) is 19.8 Å². The van der Waals surface area contributed by atoms with E-state index in [1.54, 1.807) is 50.5 Å². The summed E-state index contributed by atoms with van der Waals surface area (Å²) < 4.78 is 82.2. The number of hydrogen-bond acceptors (Lipinski definition) is 4. The molecule has 2 aromatic heterocycles. The standard InChI is InChI=1S/C36H36F6N4/c1-23-7-3-9-29(35(37,38)39)33(23)25-13-15-27(43-19-25)21-45-17-5-11-31(45)32-12-6-18-46(32)22-28-16-14-26(20-44-28)34-24(2)8-4-10-30(34)36(40,41)42/h3-4,7-10,13-16,19-20,31-32H,5-6,11-12,17-18,21-22H2,1-2H3/t31-,32-/m1/s1. The number of aryl methyl sites for hydroxylation is 2. The van der Waals surface area contributed by atoms with Gasteiger partial charge in [-0.25, -0.2) is 0 Å². The van der Waals surface area contributed by atoms with Gasteiger partial charge in [0.15, 0.2) is 0 Å². The number of nitrogens with zero attached hydrogens (tertiary/aromatic N) is 4. The molecule has 10 heteroatoms. The van der Waals surface area contributed by atoms with Gasteiger partial charge in [-0.2, -0.15) is 26.3 Å². The van der Waals surface area contributed by atoms with E-state index in [0.717, 1.165) is 62.3 Å². The maximum Gasteiger partial charge on any atom is 0.417 e. The highest BCUT2D eigenvalue weighted by molar-refractivity contribution is 5.72. The SMILES string of the molecule is Cc1cccc(C(F)(F)F)c1-c1ccc(CN2CCC[C@@H]2[C@H]2CCCN2Cc2ccc(-c3c(C)cccc3C(F)(F)F)cn2)nc1. The molecule has 0 bridgehead atoms. The number of likely N-dealkylation sites (tertiary alicyclic amines) is 2. The normalized spacial score (nSPS) is 19.7. The highest BCUT2D eigenvalue weighted by Crippen LogP contribution is 2.40. The van der Waals surface area contributed by atoms with Crippen LogP contribution in [0.25, 0.3) is 22.3 Å². The van der Waals surface area contributed by atoms with Gasteiger partial charge in [0.05, 0.1) is 22.5 Å². The van der Waals surface area contributed by atoms with Crippen molar-refractivity contribution in [1.82, 2.24) is 19.8 Å². The van der Waals surface area contributed by atoms with Crippen LogP contribution in [0.4, 0.5) is 26.3 Å². The first kappa shape index (κ1) is 32.2. The lowest BCUT2D eigenvalue weighted by Gasteiger charge is -2.35. The molecule has 0 radical (unpaired) electrons. The van der Waals surface area contributed by atoms with Crippen LogP contribution in [-0.4, -0.2) is 44.9 Å². The first-order chi connectivity index (χ1) is 21.9. The fourth-order valence-corrected chi connectivity index (χ4v) is 7.29. The molecule has 0 amide bonds. The summed E-state index contributed by atoms with van der Waals surface area (Å²) in [5, 5.41) is 0. The second-order valence-corrected chi connectivity index (χ2v) is 12.4. The molecule has 2 aromatic carbocycles. The van der Waals surface area contributed by atoms with Crippen molar-refractivity contribution < 1.29 is 26.3 Å². The summed E-state index contributed by atoms with van der Waals surface area (Å²) in [6, 6.07) is 16.1. The van der Waals surface area contributed by atoms with Crippen LogP contribution in [0, 0.1) is 13.8 Å². The molecule has 46 heavy (non-hydrogen) atoms. The van der Waals surface area contributed by atoms with Crippen molar-refractivity contribution in [3.8, 4) is 22.3 Å². The molecule has 2 aliphatic heterocycles. The number of pyridine rings is 2. The quantitative estimate of drug-likeness (QED) is 0.189. The molecule has 0 unspecified atom stereocenters. The topological polar surface area (TPSA) is 32.3 Å². The van der Waals surface area contributed by atoms with Gasteiger partial charge >= 0.3 is 12.4 Å². The van der Waals surface area contributed by atoms with Gasteiger partial charge in [0, 0.05) is 48.7 Å². The first-order valence-electron chi connectivity index (χ1n) is 15.6. The zero-order valence-electron chi connectivity index (χ0n) is 25.8. The smallest absolute Gasteiger partial charge is 0.293 e. The monoisotopic (exact) mass is 638 g/mol. The van der Waals surface area contributed by atoms with Crippen molar-refractivity contribution in [3.63, 3.8) is 0 Å². The van der Waals surface area contributed by atoms with Crippen LogP contribution in [0.15, 0.2) is 73.1 Å². The van der Waals surface area contributed by atoms with E-state index >= 15 is 0 Å². The number of halogens is 6. The predicted molar refractivity (Wildman–Crippen MR) is 166 cm³/mol. The number of rotatable bonds is 7. The van der Waals surface area contributed by atoms with Crippen LogP contribution >= 0.6 is 0 Å². The van der Waals surface area contributed by atoms with Gasteiger partial charge in [-0.05, 0) is 99.1 Å². The fraction of sp³-hybridized carbons (Fsp3) is 0.389. The van der Waals surface area contributed by atoms with E-state index < -0.39 is 23.5 Å². The summed E-state index contributed by atoms with van der Waals surface area (Å²) in [5.41, 5.74) is 2.64. The fourth-order valence-electron chi connectivity index (χ4n) is 7.29. The highest BCUT2D eigenvalue weighted by Gasteiger charge is 2.38. The van der Waals surface area contributed by atoms with Gasteiger partial charge < -0.3 is 0 Å². The lowest BCUT2D eigenvalue weighted by atomic mass is 9.95. The Morgan fingerprint density at radius 1 is 0.609 bits per heavy atom. The number of alkyl halides is 6. The Bertz CT molecular complexity index is 1540. The number of aromatic nitrogens is 2. The number of hydrogen-bond donors (Lipinski definition) is 0. The Morgan fingerprint density at radius 2 is 1.02 bits per heavy atom. The zero-order valence-corrected chi connectivity index (χ0v) is 25.8. The minimum atomic E-state index is -4.45. The molecule has 2 saturated heterocycles. The predicted octanol–water partition coefficient (Wildman–Crippen LogP) is 9.09. The van der Waals surface area contributed by atoms with Gasteiger partial charge in [-0.1, -0.05) is 36.4 Å². The summed E-state index contributed by atoms with van der Waals surface area (Å²) in [6.07, 6.45) is -1.63. The van der Waals surface area contributed by atoms with Crippen molar-refractivity contribution in [2.45, 2.75) is 77.1 Å². The molecular formula is C36H36F6N4. The maximum absolute atomic E-state index is 13.7. The minimum Gasteiger partial charge on any atom is -0.293 e. The van der Waals surface area contributed by atoms with E-state index in [4.69, 9.17) is 0 Å². The van der Waals surface area contributed by atoms with E-state index in [1.165, 1.54) is 12.1 Å². The van der Waals surface area contributed by atoms with Gasteiger partial charge in [0.1, 0.15) is 0 Å². The van der Waals surface area contributed by atoms with E-state index in [-0.39, 0.29) is 11.1 Å². The Morgan fingerprint density at radius 3 is 1.37 bits per heavy atom. The lowest BCUT2D eigenvalue weighted by molar-refractivity contribution is -0.137. The molecule has 2 aliphatic rings. The second kappa shape index (κ2) is 12.8. The van der Waals surface area contributed by atoms with Crippen LogP contribution in [0.2, 0.25) is 0 Å². The Kier molecular flexibility index (Phi) is 8.95. The Labute approximate surface area is 265 Å². The molecule has 4 aromatic rings. The van der Waals surface area contributed by atoms with E-state index in [0.29, 0.717) is 47.4 Å². The van der Waals surface area contributed by atoms with E-state index in [9.17, 15) is 26.3 Å². The lowest BCUT2D eigenvalue weighted by Crippen LogP contribution is -2.45. The average molecular weight is 639 g/mol. The molecule has 2 fully saturated rings. The van der Waals surface area contributed by atoms with Crippen LogP contribution in [0.5, 0.6) is 0 Å². The van der Waals surface area contributed by atoms with Gasteiger partial charge in [-0.3, -0.25) is 19.8 Å². The van der Waals surface area contributed by atoms with Crippen molar-refractivity contribution in [2.75, 3.05) is 13.1 Å². The summed E-state index contributed by atoms with van der Waals surface area (Å²) in [7, 11) is 0. The summed E-state index contributed by atoms with van der Waals surface area (Å²) in [4.78, 5) is 14.0. The molecular weight excluding hydrogens is 602 g/mol. The van der Waals surface area contributed by atoms with Crippen molar-refractivity contribution in [2.24, 2.45) is 0 Å². The van der Waals surface area contributed by atoms with Gasteiger partial charge in [-0.15, -0.1) is 0 Å². The maximum atomic E-state index is 13.7. The zero-order chi connectivity index (χ0) is 32.6. The minimum absolute atomic E-state index is 0.163. The molecule has 0 spiro atoms. The third kappa shape index (κ3) is 6.69.